The lowest BCUT2D eigenvalue weighted by Gasteiger charge is -2.22. The first-order valence-electron chi connectivity index (χ1n) is 6.32. The van der Waals surface area contributed by atoms with E-state index in [9.17, 15) is 4.79 Å². The van der Waals surface area contributed by atoms with Gasteiger partial charge in [-0.1, -0.05) is 6.42 Å². The number of aromatic nitrogens is 2. The fourth-order valence-electron chi connectivity index (χ4n) is 2.14. The molecule has 1 unspecified atom stereocenters. The third-order valence-electron chi connectivity index (χ3n) is 3.18. The van der Waals surface area contributed by atoms with Crippen molar-refractivity contribution in [1.29, 1.82) is 0 Å². The number of H-pyrrole nitrogens is 1. The summed E-state index contributed by atoms with van der Waals surface area (Å²) in [6.45, 7) is 1.66. The lowest BCUT2D eigenvalue weighted by molar-refractivity contribution is -0.121. The van der Waals surface area contributed by atoms with Gasteiger partial charge in [-0.05, 0) is 25.8 Å². The molecular weight excluding hydrogens is 216 g/mol. The first-order chi connectivity index (χ1) is 8.34. The number of amides is 1. The molecule has 17 heavy (non-hydrogen) atoms. The summed E-state index contributed by atoms with van der Waals surface area (Å²) in [4.78, 5) is 11.6. The van der Waals surface area contributed by atoms with E-state index < -0.39 is 0 Å². The maximum Gasteiger partial charge on any atom is 0.220 e. The Morgan fingerprint density at radius 2 is 2.47 bits per heavy atom. The number of hydrogen-bond acceptors (Lipinski definition) is 3. The Labute approximate surface area is 101 Å². The van der Waals surface area contributed by atoms with Crippen molar-refractivity contribution in [2.24, 2.45) is 0 Å². The lowest BCUT2D eigenvalue weighted by atomic mass is 10.0. The summed E-state index contributed by atoms with van der Waals surface area (Å²) < 4.78 is 0. The van der Waals surface area contributed by atoms with Crippen molar-refractivity contribution in [3.63, 3.8) is 0 Å². The van der Waals surface area contributed by atoms with Crippen LogP contribution >= 0.6 is 0 Å². The molecule has 1 saturated heterocycles. The predicted molar refractivity (Wildman–Crippen MR) is 65.3 cm³/mol. The number of carbonyl (C=O) groups is 1. The first kappa shape index (κ1) is 12.1. The minimum Gasteiger partial charge on any atom is -0.352 e. The lowest BCUT2D eigenvalue weighted by Crippen LogP contribution is -2.35. The highest BCUT2D eigenvalue weighted by molar-refractivity contribution is 5.75. The van der Waals surface area contributed by atoms with Gasteiger partial charge >= 0.3 is 0 Å². The summed E-state index contributed by atoms with van der Waals surface area (Å²) >= 11 is 0. The standard InChI is InChI=1S/C12H20N4O/c17-12(14-7-10-8-15-16-9-10)5-4-11-3-1-2-6-13-11/h8-9,11,13H,1-7H2,(H,14,17)(H,15,16). The third kappa shape index (κ3) is 4.19. The number of aromatic amines is 1. The van der Waals surface area contributed by atoms with Gasteiger partial charge in [0.15, 0.2) is 0 Å². The van der Waals surface area contributed by atoms with Gasteiger partial charge in [-0.3, -0.25) is 9.89 Å². The van der Waals surface area contributed by atoms with Gasteiger partial charge in [0.2, 0.25) is 5.91 Å². The second-order valence-electron chi connectivity index (χ2n) is 4.57. The largest absolute Gasteiger partial charge is 0.352 e. The molecule has 2 heterocycles. The van der Waals surface area contributed by atoms with Gasteiger partial charge in [-0.2, -0.15) is 5.10 Å². The first-order valence-corrected chi connectivity index (χ1v) is 6.32. The van der Waals surface area contributed by atoms with E-state index in [1.807, 2.05) is 0 Å². The number of rotatable bonds is 5. The fourth-order valence-corrected chi connectivity index (χ4v) is 2.14. The molecule has 1 aliphatic rings. The van der Waals surface area contributed by atoms with Crippen LogP contribution in [-0.2, 0) is 11.3 Å². The van der Waals surface area contributed by atoms with Crippen LogP contribution in [-0.4, -0.2) is 28.7 Å². The predicted octanol–water partition coefficient (Wildman–Crippen LogP) is 0.948. The summed E-state index contributed by atoms with van der Waals surface area (Å²) in [5.74, 6) is 0.124. The molecule has 1 amide bonds. The molecule has 1 aromatic rings. The zero-order chi connectivity index (χ0) is 11.9. The van der Waals surface area contributed by atoms with Crippen LogP contribution in [0.1, 0.15) is 37.7 Å². The molecule has 5 nitrogen and oxygen atoms in total. The Morgan fingerprint density at radius 3 is 3.18 bits per heavy atom. The van der Waals surface area contributed by atoms with E-state index in [0.717, 1.165) is 18.5 Å². The van der Waals surface area contributed by atoms with Crippen LogP contribution in [0.3, 0.4) is 0 Å². The average molecular weight is 236 g/mol. The highest BCUT2D eigenvalue weighted by Crippen LogP contribution is 2.11. The zero-order valence-electron chi connectivity index (χ0n) is 10.0. The monoisotopic (exact) mass is 236 g/mol. The van der Waals surface area contributed by atoms with Gasteiger partial charge in [-0.25, -0.2) is 0 Å². The van der Waals surface area contributed by atoms with Crippen molar-refractivity contribution < 1.29 is 4.79 Å². The normalized spacial score (nSPS) is 20.1. The van der Waals surface area contributed by atoms with Crippen molar-refractivity contribution in [2.75, 3.05) is 6.54 Å². The van der Waals surface area contributed by atoms with E-state index in [1.165, 1.54) is 19.3 Å². The van der Waals surface area contributed by atoms with Gasteiger partial charge in [-0.15, -0.1) is 0 Å². The SMILES string of the molecule is O=C(CCC1CCCCN1)NCc1cn[nH]c1. The van der Waals surface area contributed by atoms with Crippen LogP contribution in [0.25, 0.3) is 0 Å². The molecule has 1 atom stereocenters. The van der Waals surface area contributed by atoms with E-state index in [2.05, 4.69) is 20.8 Å². The van der Waals surface area contributed by atoms with Crippen LogP contribution in [0.15, 0.2) is 12.4 Å². The smallest absolute Gasteiger partial charge is 0.220 e. The zero-order valence-corrected chi connectivity index (χ0v) is 10.0. The van der Waals surface area contributed by atoms with Crippen molar-refractivity contribution in [1.82, 2.24) is 20.8 Å². The number of carbonyl (C=O) groups excluding carboxylic acids is 1. The average Bonchev–Trinajstić information content (AvgIpc) is 2.88. The van der Waals surface area contributed by atoms with Crippen molar-refractivity contribution in [2.45, 2.75) is 44.7 Å². The van der Waals surface area contributed by atoms with Crippen LogP contribution in [0, 0.1) is 0 Å². The molecule has 1 fully saturated rings. The topological polar surface area (TPSA) is 69.8 Å². The van der Waals surface area contributed by atoms with Gasteiger partial charge in [0.25, 0.3) is 0 Å². The molecule has 5 heteroatoms. The highest BCUT2D eigenvalue weighted by Gasteiger charge is 2.13. The molecular formula is C12H20N4O. The molecule has 1 aliphatic heterocycles. The van der Waals surface area contributed by atoms with E-state index in [1.54, 1.807) is 12.4 Å². The Balaban J connectivity index is 1.60. The maximum absolute atomic E-state index is 11.6. The fraction of sp³-hybridized carbons (Fsp3) is 0.667. The highest BCUT2D eigenvalue weighted by atomic mass is 16.1. The molecule has 1 aromatic heterocycles. The summed E-state index contributed by atoms with van der Waals surface area (Å²) in [7, 11) is 0. The molecule has 0 spiro atoms. The second-order valence-corrected chi connectivity index (χ2v) is 4.57. The summed E-state index contributed by atoms with van der Waals surface area (Å²) in [6, 6.07) is 0.531. The van der Waals surface area contributed by atoms with E-state index in [0.29, 0.717) is 19.0 Å². The third-order valence-corrected chi connectivity index (χ3v) is 3.18. The molecule has 94 valence electrons. The summed E-state index contributed by atoms with van der Waals surface area (Å²) in [5, 5.41) is 12.9. The Morgan fingerprint density at radius 1 is 1.53 bits per heavy atom. The maximum atomic E-state index is 11.6. The van der Waals surface area contributed by atoms with Gasteiger partial charge in [0, 0.05) is 30.8 Å². The molecule has 0 radical (unpaired) electrons. The quantitative estimate of drug-likeness (QED) is 0.713. The molecule has 0 aliphatic carbocycles. The second kappa shape index (κ2) is 6.39. The molecule has 0 aromatic carbocycles. The number of piperidine rings is 1. The van der Waals surface area contributed by atoms with Crippen molar-refractivity contribution in [3.8, 4) is 0 Å². The number of hydrogen-bond donors (Lipinski definition) is 3. The Hall–Kier alpha value is -1.36. The molecule has 2 rings (SSSR count). The van der Waals surface area contributed by atoms with Crippen molar-refractivity contribution in [3.05, 3.63) is 18.0 Å². The van der Waals surface area contributed by atoms with Gasteiger partial charge < -0.3 is 10.6 Å². The van der Waals surface area contributed by atoms with Gasteiger partial charge in [0.1, 0.15) is 0 Å². The Kier molecular flexibility index (Phi) is 4.55. The Bertz CT molecular complexity index is 330. The minimum atomic E-state index is 0.124. The van der Waals surface area contributed by atoms with E-state index in [-0.39, 0.29) is 5.91 Å². The summed E-state index contributed by atoms with van der Waals surface area (Å²) in [6.07, 6.45) is 8.82. The van der Waals surface area contributed by atoms with Gasteiger partial charge in [0.05, 0.1) is 6.20 Å². The van der Waals surface area contributed by atoms with Crippen LogP contribution in [0.4, 0.5) is 0 Å². The van der Waals surface area contributed by atoms with Crippen molar-refractivity contribution >= 4 is 5.91 Å². The van der Waals surface area contributed by atoms with Crippen LogP contribution < -0.4 is 10.6 Å². The van der Waals surface area contributed by atoms with E-state index in [4.69, 9.17) is 0 Å². The number of nitrogens with zero attached hydrogens (tertiary/aromatic N) is 1. The molecule has 0 bridgehead atoms. The summed E-state index contributed by atoms with van der Waals surface area (Å²) in [5.41, 5.74) is 1.01. The van der Waals surface area contributed by atoms with Crippen LogP contribution in [0.2, 0.25) is 0 Å². The minimum absolute atomic E-state index is 0.124. The molecule has 3 N–H and O–H groups in total. The van der Waals surface area contributed by atoms with Crippen LogP contribution in [0.5, 0.6) is 0 Å². The van der Waals surface area contributed by atoms with E-state index >= 15 is 0 Å². The number of nitrogens with one attached hydrogen (secondary N) is 3. The molecule has 0 saturated carbocycles.